The number of aromatic amines is 1. The van der Waals surface area contributed by atoms with E-state index in [9.17, 15) is 4.39 Å². The Kier molecular flexibility index (Phi) is 3.42. The number of imidazole rings is 1. The lowest BCUT2D eigenvalue weighted by atomic mass is 10.0. The van der Waals surface area contributed by atoms with Gasteiger partial charge in [-0.15, -0.1) is 11.3 Å². The molecule has 1 N–H and O–H groups in total. The molecule has 4 rings (SSSR count). The van der Waals surface area contributed by atoms with Gasteiger partial charge in [-0.1, -0.05) is 13.0 Å². The zero-order chi connectivity index (χ0) is 15.8. The van der Waals surface area contributed by atoms with Crippen molar-refractivity contribution in [3.8, 4) is 22.5 Å². The maximum atomic E-state index is 13.2. The Hall–Kier alpha value is -2.53. The van der Waals surface area contributed by atoms with Crippen molar-refractivity contribution in [2.75, 3.05) is 0 Å². The van der Waals surface area contributed by atoms with Gasteiger partial charge in [0.05, 0.1) is 27.1 Å². The summed E-state index contributed by atoms with van der Waals surface area (Å²) in [4.78, 5) is 12.4. The van der Waals surface area contributed by atoms with E-state index >= 15 is 0 Å². The normalized spacial score (nSPS) is 11.2. The number of benzene rings is 2. The highest BCUT2D eigenvalue weighted by Gasteiger charge is 2.14. The van der Waals surface area contributed by atoms with Gasteiger partial charge in [0.15, 0.2) is 0 Å². The van der Waals surface area contributed by atoms with Gasteiger partial charge in [0.1, 0.15) is 11.6 Å². The minimum absolute atomic E-state index is 0.243. The van der Waals surface area contributed by atoms with E-state index in [2.05, 4.69) is 27.9 Å². The van der Waals surface area contributed by atoms with Crippen LogP contribution in [0.15, 0.2) is 48.0 Å². The average molecular weight is 323 g/mol. The number of H-pyrrole nitrogens is 1. The number of aryl methyl sites for hydroxylation is 1. The van der Waals surface area contributed by atoms with E-state index < -0.39 is 0 Å². The van der Waals surface area contributed by atoms with E-state index in [4.69, 9.17) is 0 Å². The van der Waals surface area contributed by atoms with Gasteiger partial charge in [-0.3, -0.25) is 0 Å². The summed E-state index contributed by atoms with van der Waals surface area (Å²) in [5.74, 6) is 0.677. The second kappa shape index (κ2) is 5.59. The number of halogens is 1. The third-order valence-electron chi connectivity index (χ3n) is 3.83. The number of nitrogens with one attached hydrogen (secondary N) is 1. The SMILES string of the molecule is CCc1nc(-c2ccc(F)cc2)c(-c2ccc3ncsc3c2)[nH]1. The van der Waals surface area contributed by atoms with Crippen molar-refractivity contribution >= 4 is 21.6 Å². The Balaban J connectivity index is 1.89. The zero-order valence-electron chi connectivity index (χ0n) is 12.5. The Morgan fingerprint density at radius 3 is 2.65 bits per heavy atom. The van der Waals surface area contributed by atoms with E-state index in [1.807, 2.05) is 17.6 Å². The molecule has 0 radical (unpaired) electrons. The summed E-state index contributed by atoms with van der Waals surface area (Å²) in [5.41, 5.74) is 6.63. The van der Waals surface area contributed by atoms with Crippen LogP contribution in [0.2, 0.25) is 0 Å². The van der Waals surface area contributed by atoms with Crippen LogP contribution in [-0.2, 0) is 6.42 Å². The average Bonchev–Trinajstić information content (AvgIpc) is 3.21. The van der Waals surface area contributed by atoms with Gasteiger partial charge >= 0.3 is 0 Å². The Morgan fingerprint density at radius 2 is 1.87 bits per heavy atom. The molecule has 2 aromatic carbocycles. The predicted molar refractivity (Wildman–Crippen MR) is 92.0 cm³/mol. The van der Waals surface area contributed by atoms with Crippen molar-refractivity contribution in [3.05, 3.63) is 59.6 Å². The number of hydrogen-bond donors (Lipinski definition) is 1. The number of rotatable bonds is 3. The molecule has 0 saturated carbocycles. The van der Waals surface area contributed by atoms with Crippen LogP contribution in [0.4, 0.5) is 4.39 Å². The third-order valence-corrected chi connectivity index (χ3v) is 4.62. The van der Waals surface area contributed by atoms with E-state index in [1.165, 1.54) is 12.1 Å². The number of thiazole rings is 1. The summed E-state index contributed by atoms with van der Waals surface area (Å²) in [6, 6.07) is 12.6. The van der Waals surface area contributed by atoms with Crippen LogP contribution < -0.4 is 0 Å². The number of hydrogen-bond acceptors (Lipinski definition) is 3. The van der Waals surface area contributed by atoms with E-state index in [1.54, 1.807) is 23.5 Å². The van der Waals surface area contributed by atoms with Crippen LogP contribution in [0.5, 0.6) is 0 Å². The molecular formula is C18H14FN3S. The van der Waals surface area contributed by atoms with Crippen LogP contribution in [-0.4, -0.2) is 15.0 Å². The highest BCUT2D eigenvalue weighted by molar-refractivity contribution is 7.16. The first-order valence-electron chi connectivity index (χ1n) is 7.43. The standard InChI is InChI=1S/C18H14FN3S/c1-2-16-21-17(11-3-6-13(19)7-4-11)18(22-16)12-5-8-14-15(9-12)23-10-20-14/h3-10H,2H2,1H3,(H,21,22). The molecule has 0 atom stereocenters. The second-order valence-corrected chi connectivity index (χ2v) is 6.19. The van der Waals surface area contributed by atoms with Crippen molar-refractivity contribution in [1.29, 1.82) is 0 Å². The molecule has 0 spiro atoms. The quantitative estimate of drug-likeness (QED) is 0.573. The van der Waals surface area contributed by atoms with Crippen LogP contribution >= 0.6 is 11.3 Å². The molecule has 0 amide bonds. The lowest BCUT2D eigenvalue weighted by molar-refractivity contribution is 0.628. The molecule has 0 bridgehead atoms. The summed E-state index contributed by atoms with van der Waals surface area (Å²) < 4.78 is 14.3. The minimum Gasteiger partial charge on any atom is -0.341 e. The second-order valence-electron chi connectivity index (χ2n) is 5.30. The van der Waals surface area contributed by atoms with Crippen molar-refractivity contribution in [2.24, 2.45) is 0 Å². The molecule has 0 aliphatic heterocycles. The van der Waals surface area contributed by atoms with Crippen molar-refractivity contribution in [2.45, 2.75) is 13.3 Å². The maximum absolute atomic E-state index is 13.2. The molecule has 0 unspecified atom stereocenters. The first kappa shape index (κ1) is 14.1. The first-order chi connectivity index (χ1) is 11.2. The van der Waals surface area contributed by atoms with Gasteiger partial charge in [0, 0.05) is 17.5 Å². The van der Waals surface area contributed by atoms with Crippen LogP contribution in [0.3, 0.4) is 0 Å². The van der Waals surface area contributed by atoms with Crippen molar-refractivity contribution < 1.29 is 4.39 Å². The van der Waals surface area contributed by atoms with E-state index in [0.717, 1.165) is 45.0 Å². The highest BCUT2D eigenvalue weighted by atomic mass is 32.1. The van der Waals surface area contributed by atoms with Gasteiger partial charge in [-0.2, -0.15) is 0 Å². The Bertz CT molecular complexity index is 970. The fourth-order valence-corrected chi connectivity index (χ4v) is 3.34. The third kappa shape index (κ3) is 2.53. The molecule has 4 aromatic rings. The van der Waals surface area contributed by atoms with Crippen molar-refractivity contribution in [3.63, 3.8) is 0 Å². The summed E-state index contributed by atoms with van der Waals surface area (Å²) in [6.45, 7) is 2.06. The molecule has 0 aliphatic rings. The van der Waals surface area contributed by atoms with Crippen LogP contribution in [0.25, 0.3) is 32.7 Å². The van der Waals surface area contributed by atoms with E-state index in [-0.39, 0.29) is 5.82 Å². The molecule has 2 heterocycles. The molecule has 0 saturated heterocycles. The number of aromatic nitrogens is 3. The molecular weight excluding hydrogens is 309 g/mol. The van der Waals surface area contributed by atoms with Crippen LogP contribution in [0.1, 0.15) is 12.7 Å². The molecule has 2 aromatic heterocycles. The topological polar surface area (TPSA) is 41.6 Å². The lowest BCUT2D eigenvalue weighted by Gasteiger charge is -2.03. The highest BCUT2D eigenvalue weighted by Crippen LogP contribution is 2.32. The largest absolute Gasteiger partial charge is 0.341 e. The summed E-state index contributed by atoms with van der Waals surface area (Å²) in [5, 5.41) is 0. The van der Waals surface area contributed by atoms with Crippen molar-refractivity contribution in [1.82, 2.24) is 15.0 Å². The number of fused-ring (bicyclic) bond motifs is 1. The van der Waals surface area contributed by atoms with Gasteiger partial charge in [-0.25, -0.2) is 14.4 Å². The van der Waals surface area contributed by atoms with Gasteiger partial charge in [0.2, 0.25) is 0 Å². The molecule has 114 valence electrons. The first-order valence-corrected chi connectivity index (χ1v) is 8.31. The Labute approximate surface area is 136 Å². The van der Waals surface area contributed by atoms with Crippen LogP contribution in [0, 0.1) is 5.82 Å². The van der Waals surface area contributed by atoms with E-state index in [0.29, 0.717) is 0 Å². The Morgan fingerprint density at radius 1 is 1.09 bits per heavy atom. The summed E-state index contributed by atoms with van der Waals surface area (Å²) in [6.07, 6.45) is 0.816. The van der Waals surface area contributed by atoms with Gasteiger partial charge < -0.3 is 4.98 Å². The lowest BCUT2D eigenvalue weighted by Crippen LogP contribution is -1.84. The molecule has 0 aliphatic carbocycles. The van der Waals surface area contributed by atoms with Gasteiger partial charge in [-0.05, 0) is 36.4 Å². The number of nitrogens with zero attached hydrogens (tertiary/aromatic N) is 2. The monoisotopic (exact) mass is 323 g/mol. The summed E-state index contributed by atoms with van der Waals surface area (Å²) >= 11 is 1.62. The van der Waals surface area contributed by atoms with Gasteiger partial charge in [0.25, 0.3) is 0 Å². The molecule has 3 nitrogen and oxygen atoms in total. The maximum Gasteiger partial charge on any atom is 0.123 e. The molecule has 0 fully saturated rings. The zero-order valence-corrected chi connectivity index (χ0v) is 13.3. The smallest absolute Gasteiger partial charge is 0.123 e. The fraction of sp³-hybridized carbons (Fsp3) is 0.111. The molecule has 23 heavy (non-hydrogen) atoms. The predicted octanol–water partition coefficient (Wildman–Crippen LogP) is 5.05. The molecule has 5 heteroatoms. The minimum atomic E-state index is -0.243. The summed E-state index contributed by atoms with van der Waals surface area (Å²) in [7, 11) is 0. The fourth-order valence-electron chi connectivity index (χ4n) is 2.63.